The van der Waals surface area contributed by atoms with Crippen LogP contribution in [0.1, 0.15) is 5.56 Å². The summed E-state index contributed by atoms with van der Waals surface area (Å²) in [7, 11) is 3.07. The molecule has 0 radical (unpaired) electrons. The van der Waals surface area contributed by atoms with Gasteiger partial charge >= 0.3 is 0 Å². The molecule has 0 spiro atoms. The first kappa shape index (κ1) is 15.8. The van der Waals surface area contributed by atoms with Crippen molar-refractivity contribution < 1.29 is 18.9 Å². The van der Waals surface area contributed by atoms with Crippen LogP contribution in [0, 0.1) is 6.92 Å². The molecule has 0 aliphatic rings. The van der Waals surface area contributed by atoms with Crippen LogP contribution in [0.15, 0.2) is 21.4 Å². The Hall–Kier alpha value is -1.57. The first-order valence-corrected chi connectivity index (χ1v) is 6.97. The fraction of sp³-hybridized carbons (Fsp3) is 0.357. The van der Waals surface area contributed by atoms with E-state index in [1.54, 1.807) is 12.1 Å². The molecule has 21 heavy (non-hydrogen) atoms. The van der Waals surface area contributed by atoms with Gasteiger partial charge < -0.3 is 23.9 Å². The molecule has 6 nitrogen and oxygen atoms in total. The summed E-state index contributed by atoms with van der Waals surface area (Å²) in [6.07, 6.45) is 0. The molecule has 1 N–H and O–H groups in total. The van der Waals surface area contributed by atoms with Gasteiger partial charge in [-0.25, -0.2) is 0 Å². The van der Waals surface area contributed by atoms with Gasteiger partial charge in [0.1, 0.15) is 0 Å². The SMILES string of the molecule is COCOc1cc2[nH]c(=O)c(Br)c(C)c2cc1OCOC. The molecule has 1 heterocycles. The van der Waals surface area contributed by atoms with Crippen molar-refractivity contribution in [1.29, 1.82) is 0 Å². The Labute approximate surface area is 130 Å². The minimum Gasteiger partial charge on any atom is -0.464 e. The molecule has 7 heteroatoms. The summed E-state index contributed by atoms with van der Waals surface area (Å²) in [5.74, 6) is 0.988. The largest absolute Gasteiger partial charge is 0.464 e. The predicted octanol–water partition coefficient (Wildman–Crippen LogP) is 2.56. The number of H-pyrrole nitrogens is 1. The van der Waals surface area contributed by atoms with Crippen LogP contribution >= 0.6 is 15.9 Å². The smallest absolute Gasteiger partial charge is 0.263 e. The lowest BCUT2D eigenvalue weighted by molar-refractivity contribution is 0.0324. The second-order valence-corrected chi connectivity index (χ2v) is 5.13. The number of aromatic amines is 1. The Kier molecular flexibility index (Phi) is 5.22. The molecule has 0 saturated carbocycles. The number of benzene rings is 1. The summed E-state index contributed by atoms with van der Waals surface area (Å²) in [6.45, 7) is 2.03. The molecule has 114 valence electrons. The normalized spacial score (nSPS) is 10.9. The van der Waals surface area contributed by atoms with Crippen molar-refractivity contribution in [2.75, 3.05) is 27.8 Å². The van der Waals surface area contributed by atoms with E-state index in [0.717, 1.165) is 10.9 Å². The summed E-state index contributed by atoms with van der Waals surface area (Å²) < 4.78 is 21.3. The Balaban J connectivity index is 2.58. The maximum atomic E-state index is 11.8. The number of hydrogen-bond acceptors (Lipinski definition) is 5. The number of halogens is 1. The molecule has 1 aromatic heterocycles. The van der Waals surface area contributed by atoms with Crippen LogP contribution in [0.4, 0.5) is 0 Å². The highest BCUT2D eigenvalue weighted by molar-refractivity contribution is 9.10. The molecular weight excluding hydrogens is 342 g/mol. The average Bonchev–Trinajstić information content (AvgIpc) is 2.48. The lowest BCUT2D eigenvalue weighted by atomic mass is 10.1. The third-order valence-electron chi connectivity index (χ3n) is 2.93. The van der Waals surface area contributed by atoms with E-state index in [1.165, 1.54) is 14.2 Å². The van der Waals surface area contributed by atoms with Crippen LogP contribution in [0.3, 0.4) is 0 Å². The lowest BCUT2D eigenvalue weighted by Gasteiger charge is -2.14. The van der Waals surface area contributed by atoms with E-state index in [4.69, 9.17) is 18.9 Å². The Morgan fingerprint density at radius 2 is 1.67 bits per heavy atom. The highest BCUT2D eigenvalue weighted by Gasteiger charge is 2.13. The number of hydrogen-bond donors (Lipinski definition) is 1. The number of aromatic nitrogens is 1. The fourth-order valence-corrected chi connectivity index (χ4v) is 2.22. The van der Waals surface area contributed by atoms with Crippen LogP contribution in [0.25, 0.3) is 10.9 Å². The average molecular weight is 358 g/mol. The molecule has 0 saturated heterocycles. The highest BCUT2D eigenvalue weighted by Crippen LogP contribution is 2.34. The zero-order chi connectivity index (χ0) is 15.4. The van der Waals surface area contributed by atoms with Crippen LogP contribution in [0.2, 0.25) is 0 Å². The van der Waals surface area contributed by atoms with E-state index >= 15 is 0 Å². The van der Waals surface area contributed by atoms with Crippen LogP contribution in [0.5, 0.6) is 11.5 Å². The van der Waals surface area contributed by atoms with Gasteiger partial charge in [0.15, 0.2) is 25.1 Å². The zero-order valence-corrected chi connectivity index (χ0v) is 13.6. The quantitative estimate of drug-likeness (QED) is 0.804. The van der Waals surface area contributed by atoms with Gasteiger partial charge in [0.25, 0.3) is 5.56 Å². The number of aryl methyl sites for hydroxylation is 1. The molecule has 2 aromatic rings. The van der Waals surface area contributed by atoms with Crippen LogP contribution < -0.4 is 15.0 Å². The highest BCUT2D eigenvalue weighted by atomic mass is 79.9. The van der Waals surface area contributed by atoms with Gasteiger partial charge in [0.05, 0.1) is 9.99 Å². The summed E-state index contributed by atoms with van der Waals surface area (Å²) in [4.78, 5) is 14.6. The third kappa shape index (κ3) is 3.37. The molecule has 0 bridgehead atoms. The summed E-state index contributed by atoms with van der Waals surface area (Å²) in [6, 6.07) is 3.51. The van der Waals surface area contributed by atoms with Gasteiger partial charge in [-0.3, -0.25) is 4.79 Å². The number of ether oxygens (including phenoxy) is 4. The van der Waals surface area contributed by atoms with Gasteiger partial charge in [0.2, 0.25) is 0 Å². The van der Waals surface area contributed by atoms with E-state index in [-0.39, 0.29) is 19.1 Å². The summed E-state index contributed by atoms with van der Waals surface area (Å²) in [5, 5.41) is 0.859. The van der Waals surface area contributed by atoms with Gasteiger partial charge in [0, 0.05) is 25.7 Å². The van der Waals surface area contributed by atoms with E-state index < -0.39 is 0 Å². The topological polar surface area (TPSA) is 69.8 Å². The molecule has 1 aromatic carbocycles. The number of methoxy groups -OCH3 is 2. The molecular formula is C14H16BrNO5. The van der Waals surface area contributed by atoms with E-state index in [9.17, 15) is 4.79 Å². The van der Waals surface area contributed by atoms with Crippen molar-refractivity contribution in [1.82, 2.24) is 4.98 Å². The minimum absolute atomic E-state index is 0.0780. The third-order valence-corrected chi connectivity index (χ3v) is 3.88. The summed E-state index contributed by atoms with van der Waals surface area (Å²) in [5.41, 5.74) is 1.30. The van der Waals surface area contributed by atoms with Crippen molar-refractivity contribution in [3.8, 4) is 11.5 Å². The Bertz CT molecular complexity index is 698. The maximum Gasteiger partial charge on any atom is 0.263 e. The van der Waals surface area contributed by atoms with Gasteiger partial charge in [-0.2, -0.15) is 0 Å². The van der Waals surface area contributed by atoms with E-state index in [2.05, 4.69) is 20.9 Å². The molecule has 0 aliphatic carbocycles. The number of nitrogens with one attached hydrogen (secondary N) is 1. The number of rotatable bonds is 6. The Morgan fingerprint density at radius 3 is 2.24 bits per heavy atom. The van der Waals surface area contributed by atoms with Crippen molar-refractivity contribution in [3.63, 3.8) is 0 Å². The monoisotopic (exact) mass is 357 g/mol. The van der Waals surface area contributed by atoms with Crippen molar-refractivity contribution >= 4 is 26.8 Å². The van der Waals surface area contributed by atoms with Gasteiger partial charge in [-0.05, 0) is 34.5 Å². The second kappa shape index (κ2) is 6.93. The van der Waals surface area contributed by atoms with E-state index in [1.807, 2.05) is 6.92 Å². The molecule has 0 aliphatic heterocycles. The fourth-order valence-electron chi connectivity index (χ4n) is 1.91. The van der Waals surface area contributed by atoms with E-state index in [0.29, 0.717) is 21.5 Å². The van der Waals surface area contributed by atoms with Crippen LogP contribution in [-0.4, -0.2) is 32.8 Å². The van der Waals surface area contributed by atoms with Crippen molar-refractivity contribution in [2.45, 2.75) is 6.92 Å². The number of fused-ring (bicyclic) bond motifs is 1. The van der Waals surface area contributed by atoms with Crippen LogP contribution in [-0.2, 0) is 9.47 Å². The second-order valence-electron chi connectivity index (χ2n) is 4.34. The van der Waals surface area contributed by atoms with Gasteiger partial charge in [-0.1, -0.05) is 0 Å². The Morgan fingerprint density at radius 1 is 1.10 bits per heavy atom. The first-order chi connectivity index (χ1) is 10.1. The molecule has 0 amide bonds. The zero-order valence-electron chi connectivity index (χ0n) is 12.0. The first-order valence-electron chi connectivity index (χ1n) is 6.18. The maximum absolute atomic E-state index is 11.8. The standard InChI is InChI=1S/C14H16BrNO5/c1-8-9-4-11(20-6-18-2)12(21-7-19-3)5-10(9)16-14(17)13(8)15/h4-5H,6-7H2,1-3H3,(H,16,17). The van der Waals surface area contributed by atoms with Crippen molar-refractivity contribution in [2.24, 2.45) is 0 Å². The molecule has 0 fully saturated rings. The molecule has 0 atom stereocenters. The minimum atomic E-state index is -0.191. The van der Waals surface area contributed by atoms with Crippen molar-refractivity contribution in [3.05, 3.63) is 32.5 Å². The lowest BCUT2D eigenvalue weighted by Crippen LogP contribution is -2.10. The predicted molar refractivity (Wildman–Crippen MR) is 82.0 cm³/mol. The summed E-state index contributed by atoms with van der Waals surface area (Å²) >= 11 is 3.28. The van der Waals surface area contributed by atoms with Gasteiger partial charge in [-0.15, -0.1) is 0 Å². The molecule has 0 unspecified atom stereocenters. The molecule has 2 rings (SSSR count). The number of pyridine rings is 1.